The van der Waals surface area contributed by atoms with Gasteiger partial charge in [-0.15, -0.1) is 0 Å². The lowest BCUT2D eigenvalue weighted by molar-refractivity contribution is 0.968. The zero-order chi connectivity index (χ0) is 28.7. The van der Waals surface area contributed by atoms with Gasteiger partial charge in [0.05, 0.1) is 0 Å². The molecule has 0 radical (unpaired) electrons. The summed E-state index contributed by atoms with van der Waals surface area (Å²) in [4.78, 5) is 4.64. The Balaban J connectivity index is 1.60. The van der Waals surface area contributed by atoms with E-state index in [1.165, 1.54) is 21.9 Å². The van der Waals surface area contributed by atoms with Crippen molar-refractivity contribution in [1.29, 1.82) is 0 Å². The van der Waals surface area contributed by atoms with E-state index in [-0.39, 0.29) is 0 Å². The predicted octanol–water partition coefficient (Wildman–Crippen LogP) is 8.78. The highest BCUT2D eigenvalue weighted by Gasteiger charge is 2.19. The van der Waals surface area contributed by atoms with E-state index in [4.69, 9.17) is 11.5 Å². The molecular formula is C38H36N4. The largest absolute Gasteiger partial charge is 0.330 e. The van der Waals surface area contributed by atoms with Crippen LogP contribution in [0.4, 0.5) is 34.1 Å². The van der Waals surface area contributed by atoms with Crippen LogP contribution >= 0.6 is 0 Å². The third-order valence-electron chi connectivity index (χ3n) is 7.61. The molecule has 0 atom stereocenters. The Morgan fingerprint density at radius 1 is 0.357 bits per heavy atom. The smallest absolute Gasteiger partial charge is 0.0470 e. The van der Waals surface area contributed by atoms with Gasteiger partial charge in [-0.3, -0.25) is 0 Å². The van der Waals surface area contributed by atoms with Crippen LogP contribution < -0.4 is 21.3 Å². The zero-order valence-electron chi connectivity index (χ0n) is 23.7. The number of nitrogens with zero attached hydrogens (tertiary/aromatic N) is 2. The van der Waals surface area contributed by atoms with Gasteiger partial charge in [-0.05, 0) is 121 Å². The van der Waals surface area contributed by atoms with E-state index >= 15 is 0 Å². The summed E-state index contributed by atoms with van der Waals surface area (Å²) >= 11 is 0. The molecule has 0 fully saturated rings. The molecule has 0 bridgehead atoms. The van der Waals surface area contributed by atoms with Crippen molar-refractivity contribution in [2.45, 2.75) is 12.8 Å². The first-order valence-electron chi connectivity index (χ1n) is 14.6. The van der Waals surface area contributed by atoms with Gasteiger partial charge in [-0.2, -0.15) is 0 Å². The Labute approximate surface area is 248 Å². The molecule has 0 saturated heterocycles. The van der Waals surface area contributed by atoms with Gasteiger partial charge in [-0.1, -0.05) is 72.8 Å². The molecule has 0 amide bonds. The Morgan fingerprint density at radius 2 is 0.643 bits per heavy atom. The van der Waals surface area contributed by atoms with Gasteiger partial charge in [0, 0.05) is 34.1 Å². The van der Waals surface area contributed by atoms with Crippen LogP contribution in [0.3, 0.4) is 0 Å². The van der Waals surface area contributed by atoms with Crippen molar-refractivity contribution in [2.24, 2.45) is 11.5 Å². The fourth-order valence-corrected chi connectivity index (χ4v) is 5.76. The number of nitrogens with two attached hydrogens (primary N) is 2. The summed E-state index contributed by atoms with van der Waals surface area (Å²) in [5.74, 6) is 0. The second-order valence-corrected chi connectivity index (χ2v) is 10.4. The molecule has 4 N–H and O–H groups in total. The maximum Gasteiger partial charge on any atom is 0.0470 e. The number of rotatable bonds is 10. The maximum absolute atomic E-state index is 6.23. The zero-order valence-corrected chi connectivity index (χ0v) is 23.7. The molecule has 42 heavy (non-hydrogen) atoms. The summed E-state index contributed by atoms with van der Waals surface area (Å²) in [6, 6.07) is 51.4. The Kier molecular flexibility index (Phi) is 8.27. The average molecular weight is 549 g/mol. The van der Waals surface area contributed by atoms with E-state index in [0.717, 1.165) is 47.0 Å². The molecule has 0 aliphatic carbocycles. The molecule has 6 rings (SSSR count). The van der Waals surface area contributed by atoms with Crippen LogP contribution in [-0.4, -0.2) is 13.1 Å². The van der Waals surface area contributed by atoms with Crippen LogP contribution in [0.1, 0.15) is 11.1 Å². The molecule has 0 spiro atoms. The molecular weight excluding hydrogens is 512 g/mol. The van der Waals surface area contributed by atoms with Crippen molar-refractivity contribution in [3.63, 3.8) is 0 Å². The molecule has 0 unspecified atom stereocenters. The first-order valence-corrected chi connectivity index (χ1v) is 14.6. The van der Waals surface area contributed by atoms with Gasteiger partial charge in [0.25, 0.3) is 0 Å². The van der Waals surface area contributed by atoms with Gasteiger partial charge in [0.15, 0.2) is 0 Å². The predicted molar refractivity (Wildman–Crippen MR) is 179 cm³/mol. The Morgan fingerprint density at radius 3 is 0.905 bits per heavy atom. The van der Waals surface area contributed by atoms with E-state index in [1.807, 2.05) is 0 Å². The Bertz CT molecular complexity index is 1530. The summed E-state index contributed by atoms with van der Waals surface area (Å²) in [6.07, 6.45) is 1.54. The van der Waals surface area contributed by atoms with Crippen molar-refractivity contribution in [1.82, 2.24) is 0 Å². The van der Waals surface area contributed by atoms with Crippen LogP contribution in [0.5, 0.6) is 0 Å². The lowest BCUT2D eigenvalue weighted by atomic mass is 9.94. The monoisotopic (exact) mass is 548 g/mol. The second kappa shape index (κ2) is 12.7. The minimum absolute atomic E-state index is 0.562. The standard InChI is InChI=1S/C38H36N4/c39-23-21-29-25-35(41(31-13-5-1-6-14-31)32-15-7-2-8-16-32)27-37-30(22-24-40)26-36(28-38(29)37)42(33-17-9-3-10-18-33)34-19-11-4-12-20-34/h1-20,25-28H,21-24,39-40H2. The number of hydrogen-bond acceptors (Lipinski definition) is 4. The Hall–Kier alpha value is -4.90. The summed E-state index contributed by atoms with van der Waals surface area (Å²) < 4.78 is 0. The van der Waals surface area contributed by atoms with Crippen LogP contribution in [0, 0.1) is 0 Å². The van der Waals surface area contributed by atoms with Crippen LogP contribution in [0.25, 0.3) is 10.8 Å². The lowest BCUT2D eigenvalue weighted by Crippen LogP contribution is -2.13. The van der Waals surface area contributed by atoms with Gasteiger partial charge in [0.2, 0.25) is 0 Å². The molecule has 6 aromatic rings. The second-order valence-electron chi connectivity index (χ2n) is 10.4. The third kappa shape index (κ3) is 5.64. The summed E-state index contributed by atoms with van der Waals surface area (Å²) in [7, 11) is 0. The minimum Gasteiger partial charge on any atom is -0.330 e. The van der Waals surface area contributed by atoms with Crippen molar-refractivity contribution in [3.8, 4) is 0 Å². The minimum atomic E-state index is 0.562. The highest BCUT2D eigenvalue weighted by molar-refractivity contribution is 5.97. The summed E-state index contributed by atoms with van der Waals surface area (Å²) in [5, 5.41) is 2.42. The number of benzene rings is 6. The number of fused-ring (bicyclic) bond motifs is 1. The topological polar surface area (TPSA) is 58.5 Å². The van der Waals surface area contributed by atoms with Crippen LogP contribution in [0.15, 0.2) is 146 Å². The molecule has 4 heteroatoms. The molecule has 0 aliphatic heterocycles. The van der Waals surface area contributed by atoms with Crippen LogP contribution in [-0.2, 0) is 12.8 Å². The van der Waals surface area contributed by atoms with Gasteiger partial charge in [0.1, 0.15) is 0 Å². The van der Waals surface area contributed by atoms with E-state index in [2.05, 4.69) is 155 Å². The van der Waals surface area contributed by atoms with E-state index in [1.54, 1.807) is 0 Å². The fourth-order valence-electron chi connectivity index (χ4n) is 5.76. The molecule has 0 saturated carbocycles. The van der Waals surface area contributed by atoms with Gasteiger partial charge >= 0.3 is 0 Å². The SMILES string of the molecule is NCCc1cc(N(c2ccccc2)c2ccccc2)cc2c(CCN)cc(N(c3ccccc3)c3ccccc3)cc12. The van der Waals surface area contributed by atoms with Gasteiger partial charge < -0.3 is 21.3 Å². The van der Waals surface area contributed by atoms with E-state index in [0.29, 0.717) is 13.1 Å². The fraction of sp³-hybridized carbons (Fsp3) is 0.105. The first kappa shape index (κ1) is 27.3. The molecule has 0 aromatic heterocycles. The molecule has 4 nitrogen and oxygen atoms in total. The molecule has 0 aliphatic rings. The van der Waals surface area contributed by atoms with Gasteiger partial charge in [-0.25, -0.2) is 0 Å². The number of anilines is 6. The lowest BCUT2D eigenvalue weighted by Gasteiger charge is -2.29. The van der Waals surface area contributed by atoms with Crippen molar-refractivity contribution < 1.29 is 0 Å². The molecule has 0 heterocycles. The highest BCUT2D eigenvalue weighted by Crippen LogP contribution is 2.42. The summed E-state index contributed by atoms with van der Waals surface area (Å²) in [6.45, 7) is 1.12. The third-order valence-corrected chi connectivity index (χ3v) is 7.61. The van der Waals surface area contributed by atoms with E-state index in [9.17, 15) is 0 Å². The summed E-state index contributed by atoms with van der Waals surface area (Å²) in [5.41, 5.74) is 21.6. The van der Waals surface area contributed by atoms with Crippen LogP contribution in [0.2, 0.25) is 0 Å². The molecule has 6 aromatic carbocycles. The highest BCUT2D eigenvalue weighted by atomic mass is 15.1. The van der Waals surface area contributed by atoms with Crippen molar-refractivity contribution in [3.05, 3.63) is 157 Å². The van der Waals surface area contributed by atoms with Crippen molar-refractivity contribution in [2.75, 3.05) is 22.9 Å². The van der Waals surface area contributed by atoms with E-state index < -0.39 is 0 Å². The normalized spacial score (nSPS) is 11.0. The molecule has 208 valence electrons. The number of para-hydroxylation sites is 4. The van der Waals surface area contributed by atoms with Crippen molar-refractivity contribution >= 4 is 44.9 Å². The average Bonchev–Trinajstić information content (AvgIpc) is 3.04. The first-order chi connectivity index (χ1) is 20.8. The number of hydrogen-bond donors (Lipinski definition) is 2. The maximum atomic E-state index is 6.23. The quantitative estimate of drug-likeness (QED) is 0.180.